The summed E-state index contributed by atoms with van der Waals surface area (Å²) in [4.78, 5) is 27.0. The number of nitrogens with one attached hydrogen (secondary N) is 1. The largest absolute Gasteiger partial charge is 0.479 e. The number of hydrogen-bond donors (Lipinski definition) is 1. The van der Waals surface area contributed by atoms with Gasteiger partial charge in [-0.3, -0.25) is 14.9 Å². The molecule has 0 aliphatic carbocycles. The number of anilines is 2. The van der Waals surface area contributed by atoms with Crippen molar-refractivity contribution in [1.82, 2.24) is 10.2 Å². The van der Waals surface area contributed by atoms with Crippen LogP contribution in [0.5, 0.6) is 5.75 Å². The Bertz CT molecular complexity index is 1200. The first-order valence-electron chi connectivity index (χ1n) is 10.3. The molecule has 1 fully saturated rings. The number of amides is 2. The Morgan fingerprint density at radius 2 is 1.91 bits per heavy atom. The molecule has 2 atom stereocenters. The van der Waals surface area contributed by atoms with Crippen molar-refractivity contribution in [3.8, 4) is 5.75 Å². The number of rotatable bonds is 6. The van der Waals surface area contributed by atoms with E-state index in [9.17, 15) is 9.59 Å². The topological polar surface area (TPSA) is 84.4 Å². The Balaban J connectivity index is 1.39. The number of hydrogen-bond acceptors (Lipinski definition) is 6. The van der Waals surface area contributed by atoms with E-state index in [0.29, 0.717) is 38.9 Å². The van der Waals surface area contributed by atoms with Gasteiger partial charge >= 0.3 is 0 Å². The molecule has 1 aliphatic heterocycles. The van der Waals surface area contributed by atoms with Crippen LogP contribution in [0, 0.1) is 13.8 Å². The van der Waals surface area contributed by atoms with E-state index < -0.39 is 6.10 Å². The normalized spacial score (nSPS) is 16.7. The molecule has 1 saturated heterocycles. The van der Waals surface area contributed by atoms with Gasteiger partial charge in [-0.1, -0.05) is 40.6 Å². The average molecular weight is 505 g/mol. The summed E-state index contributed by atoms with van der Waals surface area (Å²) in [5.41, 5.74) is 3.11. The number of nitrogens with zero attached hydrogens (tertiary/aromatic N) is 3. The molecule has 3 aromatic rings. The highest BCUT2D eigenvalue weighted by molar-refractivity contribution is 7.15. The first-order valence-corrected chi connectivity index (χ1v) is 11.9. The highest BCUT2D eigenvalue weighted by atomic mass is 35.5. The molecule has 0 spiro atoms. The lowest BCUT2D eigenvalue weighted by Gasteiger charge is -2.17. The molecule has 10 heteroatoms. The monoisotopic (exact) mass is 504 g/mol. The summed E-state index contributed by atoms with van der Waals surface area (Å²) in [5.74, 6) is -0.0589. The summed E-state index contributed by atoms with van der Waals surface area (Å²) in [5, 5.41) is 12.9. The van der Waals surface area contributed by atoms with E-state index in [4.69, 9.17) is 27.9 Å². The molecule has 0 bridgehead atoms. The van der Waals surface area contributed by atoms with E-state index in [-0.39, 0.29) is 17.7 Å². The van der Waals surface area contributed by atoms with Crippen LogP contribution < -0.4 is 15.0 Å². The van der Waals surface area contributed by atoms with Crippen molar-refractivity contribution in [3.05, 3.63) is 62.6 Å². The minimum absolute atomic E-state index is 0.0488. The van der Waals surface area contributed by atoms with Gasteiger partial charge in [0.25, 0.3) is 5.91 Å². The van der Waals surface area contributed by atoms with Crippen LogP contribution in [0.3, 0.4) is 0 Å². The first kappa shape index (κ1) is 23.5. The Morgan fingerprint density at radius 3 is 2.61 bits per heavy atom. The van der Waals surface area contributed by atoms with Gasteiger partial charge in [0.15, 0.2) is 6.10 Å². The molecule has 33 heavy (non-hydrogen) atoms. The average Bonchev–Trinajstić information content (AvgIpc) is 3.35. The summed E-state index contributed by atoms with van der Waals surface area (Å²) in [6.45, 7) is 6.16. The van der Waals surface area contributed by atoms with Crippen molar-refractivity contribution < 1.29 is 14.3 Å². The number of aromatic nitrogens is 2. The Kier molecular flexibility index (Phi) is 6.88. The zero-order chi connectivity index (χ0) is 23.7. The molecule has 2 amide bonds. The SMILES string of the molecule is Cc1cc(C)cc(N2CC(c3nnc(NC(=O)C(C)Oc4ccc(Cl)cc4Cl)s3)CC2=O)c1. The molecule has 4 rings (SSSR count). The maximum Gasteiger partial charge on any atom is 0.266 e. The standard InChI is InChI=1S/C23H22Cl2N4O3S/c1-12-6-13(2)8-17(7-12)29-11-15(9-20(29)30)22-27-28-23(33-22)26-21(31)14(3)32-19-5-4-16(24)10-18(19)25/h4-8,10,14-15H,9,11H2,1-3H3,(H,26,28,31). The van der Waals surface area contributed by atoms with Crippen LogP contribution in [0.2, 0.25) is 10.0 Å². The third-order valence-corrected chi connectivity index (χ3v) is 6.76. The molecule has 172 valence electrons. The molecule has 7 nitrogen and oxygen atoms in total. The van der Waals surface area contributed by atoms with Crippen molar-refractivity contribution in [2.75, 3.05) is 16.8 Å². The molecule has 2 unspecified atom stereocenters. The van der Waals surface area contributed by atoms with Gasteiger partial charge in [-0.2, -0.15) is 0 Å². The van der Waals surface area contributed by atoms with Crippen molar-refractivity contribution in [2.45, 2.75) is 39.2 Å². The molecule has 0 saturated carbocycles. The summed E-state index contributed by atoms with van der Waals surface area (Å²) in [7, 11) is 0. The fourth-order valence-corrected chi connectivity index (χ4v) is 4.99. The summed E-state index contributed by atoms with van der Waals surface area (Å²) >= 11 is 13.3. The molecule has 2 heterocycles. The highest BCUT2D eigenvalue weighted by Crippen LogP contribution is 2.35. The third kappa shape index (κ3) is 5.46. The second-order valence-electron chi connectivity index (χ2n) is 8.02. The summed E-state index contributed by atoms with van der Waals surface area (Å²) < 4.78 is 5.64. The number of aryl methyl sites for hydroxylation is 2. The third-order valence-electron chi connectivity index (χ3n) is 5.23. The van der Waals surface area contributed by atoms with Crippen LogP contribution in [0.25, 0.3) is 0 Å². The van der Waals surface area contributed by atoms with E-state index in [2.05, 4.69) is 21.6 Å². The molecule has 0 radical (unpaired) electrons. The highest BCUT2D eigenvalue weighted by Gasteiger charge is 2.34. The molecular formula is C23H22Cl2N4O3S. The number of halogens is 2. The van der Waals surface area contributed by atoms with Crippen LogP contribution >= 0.6 is 34.5 Å². The number of ether oxygens (including phenoxy) is 1. The van der Waals surface area contributed by atoms with Gasteiger partial charge in [-0.05, 0) is 62.2 Å². The van der Waals surface area contributed by atoms with Crippen molar-refractivity contribution >= 4 is 57.2 Å². The maximum atomic E-state index is 12.7. The van der Waals surface area contributed by atoms with E-state index in [1.807, 2.05) is 26.0 Å². The lowest BCUT2D eigenvalue weighted by molar-refractivity contribution is -0.122. The summed E-state index contributed by atoms with van der Waals surface area (Å²) in [6.07, 6.45) is -0.464. The second-order valence-corrected chi connectivity index (χ2v) is 9.87. The Labute approximate surface area is 205 Å². The van der Waals surface area contributed by atoms with Crippen LogP contribution in [0.15, 0.2) is 36.4 Å². The van der Waals surface area contributed by atoms with Gasteiger partial charge in [0.2, 0.25) is 11.0 Å². The fraction of sp³-hybridized carbons (Fsp3) is 0.304. The van der Waals surface area contributed by atoms with E-state index in [0.717, 1.165) is 16.8 Å². The predicted molar refractivity (Wildman–Crippen MR) is 131 cm³/mol. The summed E-state index contributed by atoms with van der Waals surface area (Å²) in [6, 6.07) is 10.9. The second kappa shape index (κ2) is 9.67. The molecule has 1 N–H and O–H groups in total. The lowest BCUT2D eigenvalue weighted by atomic mass is 10.1. The molecular weight excluding hydrogens is 483 g/mol. The van der Waals surface area contributed by atoms with Crippen LogP contribution in [-0.2, 0) is 9.59 Å². The predicted octanol–water partition coefficient (Wildman–Crippen LogP) is 5.39. The van der Waals surface area contributed by atoms with E-state index in [1.165, 1.54) is 11.3 Å². The maximum absolute atomic E-state index is 12.7. The Hall–Kier alpha value is -2.68. The van der Waals surface area contributed by atoms with Gasteiger partial charge in [-0.15, -0.1) is 10.2 Å². The lowest BCUT2D eigenvalue weighted by Crippen LogP contribution is -2.30. The number of carbonyl (C=O) groups is 2. The van der Waals surface area contributed by atoms with Gasteiger partial charge in [0, 0.05) is 29.6 Å². The van der Waals surface area contributed by atoms with Gasteiger partial charge in [0.05, 0.1) is 5.02 Å². The van der Waals surface area contributed by atoms with Crippen molar-refractivity contribution in [1.29, 1.82) is 0 Å². The molecule has 1 aliphatic rings. The Morgan fingerprint density at radius 1 is 1.18 bits per heavy atom. The zero-order valence-corrected chi connectivity index (χ0v) is 20.6. The minimum Gasteiger partial charge on any atom is -0.479 e. The van der Waals surface area contributed by atoms with Crippen LogP contribution in [0.1, 0.15) is 35.4 Å². The quantitative estimate of drug-likeness (QED) is 0.486. The fourth-order valence-electron chi connectivity index (χ4n) is 3.70. The van der Waals surface area contributed by atoms with E-state index >= 15 is 0 Å². The van der Waals surface area contributed by atoms with Crippen molar-refractivity contribution in [2.24, 2.45) is 0 Å². The number of carbonyl (C=O) groups excluding carboxylic acids is 2. The van der Waals surface area contributed by atoms with Crippen molar-refractivity contribution in [3.63, 3.8) is 0 Å². The van der Waals surface area contributed by atoms with Gasteiger partial charge in [-0.25, -0.2) is 0 Å². The zero-order valence-electron chi connectivity index (χ0n) is 18.3. The van der Waals surface area contributed by atoms with Crippen LogP contribution in [-0.4, -0.2) is 34.7 Å². The number of benzene rings is 2. The first-order chi connectivity index (χ1) is 15.7. The van der Waals surface area contributed by atoms with Gasteiger partial charge < -0.3 is 9.64 Å². The smallest absolute Gasteiger partial charge is 0.266 e. The van der Waals surface area contributed by atoms with Crippen LogP contribution in [0.4, 0.5) is 10.8 Å². The molecule has 1 aromatic heterocycles. The minimum atomic E-state index is -0.816. The van der Waals surface area contributed by atoms with Gasteiger partial charge in [0.1, 0.15) is 10.8 Å². The molecule has 2 aromatic carbocycles. The van der Waals surface area contributed by atoms with E-state index in [1.54, 1.807) is 30.0 Å².